The maximum atomic E-state index is 13.3. The summed E-state index contributed by atoms with van der Waals surface area (Å²) >= 11 is 1.35. The number of rotatable bonds is 6. The van der Waals surface area contributed by atoms with Crippen LogP contribution in [0.25, 0.3) is 5.69 Å². The van der Waals surface area contributed by atoms with Crippen LogP contribution in [0.1, 0.15) is 10.5 Å². The highest BCUT2D eigenvalue weighted by atomic mass is 32.2. The van der Waals surface area contributed by atoms with E-state index in [0.29, 0.717) is 22.2 Å². The van der Waals surface area contributed by atoms with Crippen molar-refractivity contribution in [2.24, 2.45) is 0 Å². The lowest BCUT2D eigenvalue weighted by molar-refractivity contribution is 0.102. The Kier molecular flexibility index (Phi) is 5.71. The van der Waals surface area contributed by atoms with E-state index in [2.05, 4.69) is 15.0 Å². The number of aromatic nitrogens is 2. The summed E-state index contributed by atoms with van der Waals surface area (Å²) in [5, 5.41) is 3.30. The van der Waals surface area contributed by atoms with Gasteiger partial charge in [-0.2, -0.15) is 0 Å². The molecule has 2 aromatic carbocycles. The van der Waals surface area contributed by atoms with Gasteiger partial charge in [0.25, 0.3) is 5.91 Å². The molecule has 0 unspecified atom stereocenters. The third-order valence-electron chi connectivity index (χ3n) is 3.65. The molecule has 7 nitrogen and oxygen atoms in total. The number of thioether (sulfide) groups is 1. The molecule has 0 bridgehead atoms. The molecule has 0 radical (unpaired) electrons. The van der Waals surface area contributed by atoms with Gasteiger partial charge in [-0.15, -0.1) is 0 Å². The van der Waals surface area contributed by atoms with E-state index >= 15 is 0 Å². The molecular formula is C18H17FN4O3S2. The maximum absolute atomic E-state index is 13.3. The number of anilines is 2. The first-order chi connectivity index (χ1) is 13.3. The molecule has 1 heterocycles. The van der Waals surface area contributed by atoms with Crippen LogP contribution in [-0.2, 0) is 10.0 Å². The zero-order valence-corrected chi connectivity index (χ0v) is 16.6. The van der Waals surface area contributed by atoms with Crippen LogP contribution in [0.3, 0.4) is 0 Å². The zero-order chi connectivity index (χ0) is 20.3. The molecule has 10 heteroatoms. The van der Waals surface area contributed by atoms with Crippen LogP contribution in [0.5, 0.6) is 0 Å². The van der Waals surface area contributed by atoms with Gasteiger partial charge in [-0.3, -0.25) is 14.1 Å². The first-order valence-corrected chi connectivity index (χ1v) is 11.2. The van der Waals surface area contributed by atoms with Gasteiger partial charge in [0.1, 0.15) is 11.5 Å². The number of hydrogen-bond donors (Lipinski definition) is 2. The summed E-state index contributed by atoms with van der Waals surface area (Å²) < 4.78 is 40.0. The van der Waals surface area contributed by atoms with Crippen molar-refractivity contribution in [3.63, 3.8) is 0 Å². The fraction of sp³-hybridized carbons (Fsp3) is 0.111. The van der Waals surface area contributed by atoms with Gasteiger partial charge in [-0.25, -0.2) is 17.8 Å². The van der Waals surface area contributed by atoms with Crippen molar-refractivity contribution in [3.05, 3.63) is 66.2 Å². The van der Waals surface area contributed by atoms with Crippen LogP contribution < -0.4 is 10.0 Å². The smallest absolute Gasteiger partial charge is 0.274 e. The van der Waals surface area contributed by atoms with Gasteiger partial charge in [0, 0.05) is 11.4 Å². The van der Waals surface area contributed by atoms with Crippen molar-refractivity contribution in [2.75, 3.05) is 22.6 Å². The number of imidazole rings is 1. The SMILES string of the molecule is CSc1ncc(C(=O)Nc2cccc(NS(C)(=O)=O)c2)n1-c1ccc(F)cc1. The monoisotopic (exact) mass is 420 g/mol. The molecule has 0 aliphatic heterocycles. The largest absolute Gasteiger partial charge is 0.321 e. The molecule has 0 atom stereocenters. The van der Waals surface area contributed by atoms with E-state index < -0.39 is 15.9 Å². The second-order valence-electron chi connectivity index (χ2n) is 5.85. The lowest BCUT2D eigenvalue weighted by Gasteiger charge is -2.12. The van der Waals surface area contributed by atoms with Gasteiger partial charge in [-0.1, -0.05) is 17.8 Å². The standard InChI is InChI=1S/C18H17FN4O3S2/c1-27-18-20-11-16(23(18)15-8-6-12(19)7-9-15)17(24)21-13-4-3-5-14(10-13)22-28(2,25)26/h3-11,22H,1-2H3,(H,21,24). The molecule has 146 valence electrons. The minimum atomic E-state index is -3.43. The number of carbonyl (C=O) groups is 1. The highest BCUT2D eigenvalue weighted by Gasteiger charge is 2.18. The quantitative estimate of drug-likeness (QED) is 0.597. The number of halogens is 1. The van der Waals surface area contributed by atoms with Crippen LogP contribution in [-0.4, -0.2) is 36.4 Å². The predicted octanol–water partition coefficient (Wildman–Crippen LogP) is 3.36. The minimum Gasteiger partial charge on any atom is -0.321 e. The highest BCUT2D eigenvalue weighted by molar-refractivity contribution is 7.98. The second-order valence-corrected chi connectivity index (χ2v) is 8.37. The van der Waals surface area contributed by atoms with E-state index in [1.807, 2.05) is 6.26 Å². The number of benzene rings is 2. The molecule has 0 saturated carbocycles. The van der Waals surface area contributed by atoms with Crippen molar-refractivity contribution in [1.29, 1.82) is 0 Å². The lowest BCUT2D eigenvalue weighted by atomic mass is 10.2. The highest BCUT2D eigenvalue weighted by Crippen LogP contribution is 2.23. The molecule has 0 aliphatic rings. The average Bonchev–Trinajstić information content (AvgIpc) is 3.05. The van der Waals surface area contributed by atoms with Gasteiger partial charge in [0.05, 0.1) is 18.1 Å². The fourth-order valence-corrected chi connectivity index (χ4v) is 3.65. The molecular weight excluding hydrogens is 403 g/mol. The Hall–Kier alpha value is -2.85. The number of nitrogens with zero attached hydrogens (tertiary/aromatic N) is 2. The summed E-state index contributed by atoms with van der Waals surface area (Å²) in [6, 6.07) is 12.1. The van der Waals surface area contributed by atoms with Crippen molar-refractivity contribution in [3.8, 4) is 5.69 Å². The van der Waals surface area contributed by atoms with Crippen molar-refractivity contribution in [2.45, 2.75) is 5.16 Å². The number of hydrogen-bond acceptors (Lipinski definition) is 5. The summed E-state index contributed by atoms with van der Waals surface area (Å²) in [4.78, 5) is 17.0. The molecule has 28 heavy (non-hydrogen) atoms. The molecule has 0 fully saturated rings. The Morgan fingerprint density at radius 3 is 2.46 bits per heavy atom. The molecule has 3 aromatic rings. The third-order valence-corrected chi connectivity index (χ3v) is 4.91. The van der Waals surface area contributed by atoms with E-state index in [0.717, 1.165) is 6.26 Å². The number of nitrogens with one attached hydrogen (secondary N) is 2. The van der Waals surface area contributed by atoms with Crippen LogP contribution >= 0.6 is 11.8 Å². The Morgan fingerprint density at radius 1 is 1.14 bits per heavy atom. The van der Waals surface area contributed by atoms with Crippen molar-refractivity contribution < 1.29 is 17.6 Å². The second kappa shape index (κ2) is 8.03. The van der Waals surface area contributed by atoms with E-state index in [9.17, 15) is 17.6 Å². The van der Waals surface area contributed by atoms with Gasteiger partial charge in [0.15, 0.2) is 5.16 Å². The van der Waals surface area contributed by atoms with Crippen LogP contribution in [0.2, 0.25) is 0 Å². The Morgan fingerprint density at radius 2 is 1.82 bits per heavy atom. The first kappa shape index (κ1) is 19.9. The molecule has 1 amide bonds. The van der Waals surface area contributed by atoms with Crippen LogP contribution in [0, 0.1) is 5.82 Å². The molecule has 3 rings (SSSR count). The van der Waals surface area contributed by atoms with E-state index in [1.165, 1.54) is 36.2 Å². The molecule has 0 aliphatic carbocycles. The predicted molar refractivity (Wildman–Crippen MR) is 108 cm³/mol. The van der Waals surface area contributed by atoms with E-state index in [4.69, 9.17) is 0 Å². The fourth-order valence-electron chi connectivity index (χ4n) is 2.55. The maximum Gasteiger partial charge on any atom is 0.274 e. The zero-order valence-electron chi connectivity index (χ0n) is 15.0. The number of carbonyl (C=O) groups excluding carboxylic acids is 1. The molecule has 0 spiro atoms. The number of sulfonamides is 1. The van der Waals surface area contributed by atoms with Crippen molar-refractivity contribution >= 4 is 39.1 Å². The van der Waals surface area contributed by atoms with Gasteiger partial charge in [0.2, 0.25) is 10.0 Å². The number of amides is 1. The normalized spacial score (nSPS) is 11.2. The Balaban J connectivity index is 1.91. The Labute approximate surface area is 166 Å². The molecule has 0 saturated heterocycles. The molecule has 1 aromatic heterocycles. The van der Waals surface area contributed by atoms with Crippen molar-refractivity contribution in [1.82, 2.24) is 9.55 Å². The van der Waals surface area contributed by atoms with Crippen LogP contribution in [0.15, 0.2) is 59.9 Å². The topological polar surface area (TPSA) is 93.1 Å². The summed E-state index contributed by atoms with van der Waals surface area (Å²) in [5.41, 5.74) is 1.60. The lowest BCUT2D eigenvalue weighted by Crippen LogP contribution is -2.17. The summed E-state index contributed by atoms with van der Waals surface area (Å²) in [5.74, 6) is -0.815. The summed E-state index contributed by atoms with van der Waals surface area (Å²) in [7, 11) is -3.43. The van der Waals surface area contributed by atoms with E-state index in [-0.39, 0.29) is 11.5 Å². The molecule has 2 N–H and O–H groups in total. The minimum absolute atomic E-state index is 0.262. The van der Waals surface area contributed by atoms with Gasteiger partial charge < -0.3 is 5.32 Å². The van der Waals surface area contributed by atoms with Gasteiger partial charge >= 0.3 is 0 Å². The Bertz CT molecular complexity index is 1110. The summed E-state index contributed by atoms with van der Waals surface area (Å²) in [6.45, 7) is 0. The van der Waals surface area contributed by atoms with Crippen LogP contribution in [0.4, 0.5) is 15.8 Å². The summed E-state index contributed by atoms with van der Waals surface area (Å²) in [6.07, 6.45) is 4.30. The van der Waals surface area contributed by atoms with Gasteiger partial charge in [-0.05, 0) is 48.7 Å². The van der Waals surface area contributed by atoms with E-state index in [1.54, 1.807) is 34.9 Å². The first-order valence-electron chi connectivity index (χ1n) is 8.04. The third kappa shape index (κ3) is 4.70. The average molecular weight is 420 g/mol.